The van der Waals surface area contributed by atoms with Crippen molar-refractivity contribution >= 4 is 5.82 Å². The quantitative estimate of drug-likeness (QED) is 0.931. The van der Waals surface area contributed by atoms with Crippen LogP contribution in [0, 0.1) is 13.8 Å². The molecule has 1 fully saturated rings. The van der Waals surface area contributed by atoms with E-state index in [-0.39, 0.29) is 6.04 Å². The van der Waals surface area contributed by atoms with Gasteiger partial charge >= 0.3 is 0 Å². The fraction of sp³-hybridized carbons (Fsp3) is 0.600. The lowest BCUT2D eigenvalue weighted by atomic mass is 10.0. The minimum Gasteiger partial charge on any atom is -0.377 e. The topological polar surface area (TPSA) is 79.8 Å². The van der Waals surface area contributed by atoms with Gasteiger partial charge in [0.05, 0.1) is 6.04 Å². The van der Waals surface area contributed by atoms with E-state index in [0.717, 1.165) is 48.4 Å². The van der Waals surface area contributed by atoms with Gasteiger partial charge in [0.25, 0.3) is 0 Å². The lowest BCUT2D eigenvalue weighted by molar-refractivity contribution is 0.178. The number of nitrogens with zero attached hydrogens (tertiary/aromatic N) is 5. The molecule has 0 bridgehead atoms. The van der Waals surface area contributed by atoms with Gasteiger partial charge in [0, 0.05) is 25.4 Å². The van der Waals surface area contributed by atoms with Crippen LogP contribution in [0.1, 0.15) is 48.5 Å². The molecule has 1 aliphatic heterocycles. The average molecular weight is 302 g/mol. The Bertz CT molecular complexity index is 620. The van der Waals surface area contributed by atoms with Crippen molar-refractivity contribution in [2.75, 3.05) is 18.6 Å². The zero-order chi connectivity index (χ0) is 15.5. The highest BCUT2D eigenvalue weighted by Crippen LogP contribution is 2.32. The van der Waals surface area contributed by atoms with E-state index in [1.165, 1.54) is 6.42 Å². The highest BCUT2D eigenvalue weighted by atomic mass is 16.5. The van der Waals surface area contributed by atoms with E-state index in [4.69, 9.17) is 4.74 Å². The molecule has 7 heteroatoms. The number of aromatic nitrogens is 5. The van der Waals surface area contributed by atoms with Crippen LogP contribution in [-0.4, -0.2) is 38.8 Å². The van der Waals surface area contributed by atoms with Gasteiger partial charge in [-0.3, -0.25) is 5.10 Å². The third-order valence-electron chi connectivity index (χ3n) is 3.88. The molecular formula is C15H22N6O. The zero-order valence-corrected chi connectivity index (χ0v) is 13.3. The molecule has 118 valence electrons. The van der Waals surface area contributed by atoms with Gasteiger partial charge in [-0.15, -0.1) is 0 Å². The minimum absolute atomic E-state index is 0.157. The second-order valence-corrected chi connectivity index (χ2v) is 5.69. The van der Waals surface area contributed by atoms with Gasteiger partial charge in [0.1, 0.15) is 18.2 Å². The van der Waals surface area contributed by atoms with Gasteiger partial charge in [-0.1, -0.05) is 0 Å². The summed E-state index contributed by atoms with van der Waals surface area (Å²) in [4.78, 5) is 15.8. The maximum atomic E-state index is 5.10. The number of hydrogen-bond donors (Lipinski definition) is 1. The molecule has 22 heavy (non-hydrogen) atoms. The number of nitrogens with one attached hydrogen (secondary N) is 1. The number of H-pyrrole nitrogens is 1. The molecule has 0 radical (unpaired) electrons. The molecule has 1 saturated heterocycles. The van der Waals surface area contributed by atoms with E-state index < -0.39 is 0 Å². The van der Waals surface area contributed by atoms with Crippen molar-refractivity contribution in [3.63, 3.8) is 0 Å². The van der Waals surface area contributed by atoms with Gasteiger partial charge in [0.2, 0.25) is 0 Å². The van der Waals surface area contributed by atoms with Crippen LogP contribution in [0.15, 0.2) is 6.07 Å². The molecular weight excluding hydrogens is 280 g/mol. The molecule has 0 spiro atoms. The maximum absolute atomic E-state index is 5.10. The standard InChI is InChI=1S/C15H22N6O/c1-10-8-14(17-11(2)16-10)21-7-5-4-6-12(21)15-18-13(9-22-3)19-20-15/h8,12H,4-7,9H2,1-3H3,(H,18,19,20)/t12-/m1/s1. The minimum atomic E-state index is 0.157. The largest absolute Gasteiger partial charge is 0.377 e. The number of rotatable bonds is 4. The van der Waals surface area contributed by atoms with Crippen molar-refractivity contribution in [1.29, 1.82) is 0 Å². The van der Waals surface area contributed by atoms with Gasteiger partial charge in [-0.05, 0) is 33.1 Å². The summed E-state index contributed by atoms with van der Waals surface area (Å²) in [5, 5.41) is 7.33. The predicted molar refractivity (Wildman–Crippen MR) is 82.5 cm³/mol. The number of aromatic amines is 1. The molecule has 7 nitrogen and oxygen atoms in total. The smallest absolute Gasteiger partial charge is 0.173 e. The summed E-state index contributed by atoms with van der Waals surface area (Å²) in [5.74, 6) is 3.35. The number of ether oxygens (including phenoxy) is 1. The van der Waals surface area contributed by atoms with Crippen molar-refractivity contribution in [2.24, 2.45) is 0 Å². The summed E-state index contributed by atoms with van der Waals surface area (Å²) in [5.41, 5.74) is 0.988. The molecule has 0 unspecified atom stereocenters. The fourth-order valence-corrected chi connectivity index (χ4v) is 2.98. The highest BCUT2D eigenvalue weighted by Gasteiger charge is 2.28. The monoisotopic (exact) mass is 302 g/mol. The Labute approximate surface area is 130 Å². The molecule has 1 atom stereocenters. The lowest BCUT2D eigenvalue weighted by Gasteiger charge is -2.35. The van der Waals surface area contributed by atoms with Gasteiger partial charge in [0.15, 0.2) is 11.6 Å². The van der Waals surface area contributed by atoms with Crippen molar-refractivity contribution in [3.8, 4) is 0 Å². The maximum Gasteiger partial charge on any atom is 0.173 e. The first-order valence-electron chi connectivity index (χ1n) is 7.66. The first-order chi connectivity index (χ1) is 10.7. The van der Waals surface area contributed by atoms with Crippen LogP contribution < -0.4 is 4.90 Å². The van der Waals surface area contributed by atoms with Crippen LogP contribution in [0.3, 0.4) is 0 Å². The lowest BCUT2D eigenvalue weighted by Crippen LogP contribution is -2.35. The molecule has 2 aromatic heterocycles. The summed E-state index contributed by atoms with van der Waals surface area (Å²) in [6.07, 6.45) is 3.37. The second kappa shape index (κ2) is 6.39. The second-order valence-electron chi connectivity index (χ2n) is 5.69. The number of methoxy groups -OCH3 is 1. The Morgan fingerprint density at radius 1 is 1.27 bits per heavy atom. The summed E-state index contributed by atoms with van der Waals surface area (Å²) >= 11 is 0. The van der Waals surface area contributed by atoms with E-state index in [0.29, 0.717) is 6.61 Å². The van der Waals surface area contributed by atoms with Crippen molar-refractivity contribution in [2.45, 2.75) is 45.8 Å². The number of piperidine rings is 1. The van der Waals surface area contributed by atoms with E-state index >= 15 is 0 Å². The molecule has 1 N–H and O–H groups in total. The third-order valence-corrected chi connectivity index (χ3v) is 3.88. The zero-order valence-electron chi connectivity index (χ0n) is 13.3. The van der Waals surface area contributed by atoms with E-state index in [1.807, 2.05) is 19.9 Å². The first kappa shape index (κ1) is 14.9. The summed E-state index contributed by atoms with van der Waals surface area (Å²) < 4.78 is 5.10. The average Bonchev–Trinajstić information content (AvgIpc) is 2.95. The summed E-state index contributed by atoms with van der Waals surface area (Å²) in [6.45, 7) is 5.35. The molecule has 3 rings (SSSR count). The van der Waals surface area contributed by atoms with Crippen molar-refractivity contribution in [1.82, 2.24) is 25.1 Å². The van der Waals surface area contributed by atoms with E-state index in [2.05, 4.69) is 30.0 Å². The molecule has 3 heterocycles. The Hall–Kier alpha value is -2.02. The van der Waals surface area contributed by atoms with Crippen LogP contribution in [-0.2, 0) is 11.3 Å². The van der Waals surface area contributed by atoms with Crippen LogP contribution in [0.25, 0.3) is 0 Å². The Morgan fingerprint density at radius 3 is 2.91 bits per heavy atom. The van der Waals surface area contributed by atoms with E-state index in [1.54, 1.807) is 7.11 Å². The molecule has 0 amide bonds. The van der Waals surface area contributed by atoms with Crippen molar-refractivity contribution < 1.29 is 4.74 Å². The van der Waals surface area contributed by atoms with Gasteiger partial charge < -0.3 is 9.64 Å². The Kier molecular flexibility index (Phi) is 4.33. The first-order valence-corrected chi connectivity index (χ1v) is 7.66. The SMILES string of the molecule is COCc1nc([C@H]2CCCCN2c2cc(C)nc(C)n2)n[nH]1. The van der Waals surface area contributed by atoms with Crippen LogP contribution >= 0.6 is 0 Å². The predicted octanol–water partition coefficient (Wildman–Crippen LogP) is 2.09. The fourth-order valence-electron chi connectivity index (χ4n) is 2.98. The molecule has 0 saturated carbocycles. The highest BCUT2D eigenvalue weighted by molar-refractivity contribution is 5.42. The normalized spacial score (nSPS) is 18.7. The molecule has 2 aromatic rings. The number of aryl methyl sites for hydroxylation is 2. The Balaban J connectivity index is 1.89. The van der Waals surface area contributed by atoms with Gasteiger partial charge in [-0.2, -0.15) is 5.10 Å². The van der Waals surface area contributed by atoms with Crippen LogP contribution in [0.5, 0.6) is 0 Å². The molecule has 0 aromatic carbocycles. The summed E-state index contributed by atoms with van der Waals surface area (Å²) in [6, 6.07) is 2.19. The van der Waals surface area contributed by atoms with Crippen LogP contribution in [0.4, 0.5) is 5.82 Å². The number of hydrogen-bond acceptors (Lipinski definition) is 6. The van der Waals surface area contributed by atoms with Gasteiger partial charge in [-0.25, -0.2) is 15.0 Å². The van der Waals surface area contributed by atoms with Crippen molar-refractivity contribution in [3.05, 3.63) is 29.2 Å². The Morgan fingerprint density at radius 2 is 2.14 bits per heavy atom. The molecule has 1 aliphatic rings. The van der Waals surface area contributed by atoms with E-state index in [9.17, 15) is 0 Å². The summed E-state index contributed by atoms with van der Waals surface area (Å²) in [7, 11) is 1.65. The van der Waals surface area contributed by atoms with Crippen LogP contribution in [0.2, 0.25) is 0 Å². The third kappa shape index (κ3) is 3.09. The molecule has 0 aliphatic carbocycles. The number of anilines is 1.